The molecule has 3 aliphatic rings. The van der Waals surface area contributed by atoms with Gasteiger partial charge in [0.2, 0.25) is 5.91 Å². The van der Waals surface area contributed by atoms with Gasteiger partial charge in [-0.25, -0.2) is 0 Å². The van der Waals surface area contributed by atoms with E-state index >= 15 is 0 Å². The lowest BCUT2D eigenvalue weighted by Gasteiger charge is -2.35. The lowest BCUT2D eigenvalue weighted by atomic mass is 9.97. The standard InChI is InChI=1S/C16H28N2O2/c1-11(2)14-17-16(8-4-5-9-16)15(19)18(14)12(3)13-7-6-10-20-13/h11-14,17H,4-10H2,1-3H3. The van der Waals surface area contributed by atoms with E-state index in [1.54, 1.807) is 0 Å². The summed E-state index contributed by atoms with van der Waals surface area (Å²) >= 11 is 0. The first-order valence-corrected chi connectivity index (χ1v) is 8.27. The Hall–Kier alpha value is -0.610. The summed E-state index contributed by atoms with van der Waals surface area (Å²) < 4.78 is 5.83. The van der Waals surface area contributed by atoms with Gasteiger partial charge in [0.15, 0.2) is 0 Å². The Morgan fingerprint density at radius 1 is 1.25 bits per heavy atom. The summed E-state index contributed by atoms with van der Waals surface area (Å²) in [6, 6.07) is 0.185. The van der Waals surface area contributed by atoms with Gasteiger partial charge in [-0.05, 0) is 38.5 Å². The molecule has 0 bridgehead atoms. The van der Waals surface area contributed by atoms with Crippen LogP contribution in [0.2, 0.25) is 0 Å². The summed E-state index contributed by atoms with van der Waals surface area (Å²) in [6.07, 6.45) is 6.95. The van der Waals surface area contributed by atoms with Gasteiger partial charge in [-0.1, -0.05) is 26.7 Å². The minimum Gasteiger partial charge on any atom is -0.376 e. The molecule has 0 aromatic carbocycles. The molecular formula is C16H28N2O2. The lowest BCUT2D eigenvalue weighted by Crippen LogP contribution is -2.50. The van der Waals surface area contributed by atoms with E-state index in [0.717, 1.165) is 32.3 Å². The molecule has 3 rings (SSSR count). The maximum Gasteiger partial charge on any atom is 0.244 e. The van der Waals surface area contributed by atoms with Crippen LogP contribution in [-0.2, 0) is 9.53 Å². The maximum absolute atomic E-state index is 13.1. The number of hydrogen-bond acceptors (Lipinski definition) is 3. The van der Waals surface area contributed by atoms with Crippen LogP contribution in [0.3, 0.4) is 0 Å². The average Bonchev–Trinajstić information content (AvgIpc) is 3.13. The van der Waals surface area contributed by atoms with Crippen molar-refractivity contribution in [2.75, 3.05) is 6.61 Å². The fourth-order valence-corrected chi connectivity index (χ4v) is 4.21. The highest BCUT2D eigenvalue weighted by Gasteiger charge is 2.54. The molecule has 2 heterocycles. The monoisotopic (exact) mass is 280 g/mol. The molecule has 20 heavy (non-hydrogen) atoms. The molecule has 4 nitrogen and oxygen atoms in total. The molecular weight excluding hydrogens is 252 g/mol. The number of carbonyl (C=O) groups is 1. The van der Waals surface area contributed by atoms with Gasteiger partial charge in [-0.2, -0.15) is 0 Å². The van der Waals surface area contributed by atoms with Gasteiger partial charge in [0, 0.05) is 6.61 Å². The van der Waals surface area contributed by atoms with E-state index in [9.17, 15) is 4.79 Å². The van der Waals surface area contributed by atoms with Gasteiger partial charge in [-0.3, -0.25) is 10.1 Å². The third-order valence-electron chi connectivity index (χ3n) is 5.40. The third-order valence-corrected chi connectivity index (χ3v) is 5.40. The van der Waals surface area contributed by atoms with E-state index in [1.165, 1.54) is 12.8 Å². The Morgan fingerprint density at radius 3 is 2.50 bits per heavy atom. The zero-order chi connectivity index (χ0) is 14.3. The van der Waals surface area contributed by atoms with Crippen LogP contribution in [0.25, 0.3) is 0 Å². The van der Waals surface area contributed by atoms with Crippen molar-refractivity contribution in [3.8, 4) is 0 Å². The number of nitrogens with zero attached hydrogens (tertiary/aromatic N) is 1. The topological polar surface area (TPSA) is 41.6 Å². The Labute approximate surface area is 122 Å². The molecule has 2 saturated heterocycles. The number of hydrogen-bond donors (Lipinski definition) is 1. The van der Waals surface area contributed by atoms with Crippen molar-refractivity contribution in [2.24, 2.45) is 5.92 Å². The molecule has 1 N–H and O–H groups in total. The summed E-state index contributed by atoms with van der Waals surface area (Å²) in [6.45, 7) is 7.42. The second-order valence-electron chi connectivity index (χ2n) is 7.13. The molecule has 3 atom stereocenters. The van der Waals surface area contributed by atoms with Crippen LogP contribution < -0.4 is 5.32 Å². The first-order valence-electron chi connectivity index (χ1n) is 8.27. The Morgan fingerprint density at radius 2 is 1.95 bits per heavy atom. The van der Waals surface area contributed by atoms with Gasteiger partial charge in [-0.15, -0.1) is 0 Å². The van der Waals surface area contributed by atoms with Gasteiger partial charge in [0.1, 0.15) is 0 Å². The van der Waals surface area contributed by atoms with Crippen LogP contribution in [0.4, 0.5) is 0 Å². The van der Waals surface area contributed by atoms with Crippen LogP contribution in [0.5, 0.6) is 0 Å². The van der Waals surface area contributed by atoms with Gasteiger partial charge in [0.05, 0.1) is 23.9 Å². The van der Waals surface area contributed by atoms with Crippen molar-refractivity contribution < 1.29 is 9.53 Å². The third kappa shape index (κ3) is 2.17. The minimum absolute atomic E-state index is 0.166. The van der Waals surface area contributed by atoms with Crippen molar-refractivity contribution in [1.82, 2.24) is 10.2 Å². The lowest BCUT2D eigenvalue weighted by molar-refractivity contribution is -0.138. The molecule has 4 heteroatoms. The smallest absolute Gasteiger partial charge is 0.244 e. The maximum atomic E-state index is 13.1. The first kappa shape index (κ1) is 14.3. The molecule has 1 saturated carbocycles. The molecule has 114 valence electrons. The average molecular weight is 280 g/mol. The number of rotatable bonds is 3. The molecule has 1 amide bonds. The predicted octanol–water partition coefficient (Wildman–Crippen LogP) is 2.28. The molecule has 1 spiro atoms. The van der Waals surface area contributed by atoms with E-state index in [2.05, 4.69) is 31.0 Å². The summed E-state index contributed by atoms with van der Waals surface area (Å²) in [4.78, 5) is 15.2. The van der Waals surface area contributed by atoms with Crippen LogP contribution in [0.15, 0.2) is 0 Å². The number of ether oxygens (including phenoxy) is 1. The van der Waals surface area contributed by atoms with Gasteiger partial charge in [0.25, 0.3) is 0 Å². The van der Waals surface area contributed by atoms with Crippen LogP contribution in [-0.4, -0.2) is 41.3 Å². The highest BCUT2D eigenvalue weighted by molar-refractivity contribution is 5.89. The van der Waals surface area contributed by atoms with Crippen LogP contribution in [0, 0.1) is 5.92 Å². The van der Waals surface area contributed by atoms with E-state index in [0.29, 0.717) is 11.8 Å². The van der Waals surface area contributed by atoms with Crippen molar-refractivity contribution in [1.29, 1.82) is 0 Å². The number of amides is 1. The predicted molar refractivity (Wildman–Crippen MR) is 78.2 cm³/mol. The number of nitrogens with one attached hydrogen (secondary N) is 1. The SMILES string of the molecule is CC(C)C1NC2(CCCC2)C(=O)N1C(C)C1CCCO1. The zero-order valence-electron chi connectivity index (χ0n) is 13.0. The second-order valence-corrected chi connectivity index (χ2v) is 7.13. The van der Waals surface area contributed by atoms with Crippen molar-refractivity contribution in [3.05, 3.63) is 0 Å². The molecule has 0 radical (unpaired) electrons. The first-order chi connectivity index (χ1) is 9.55. The van der Waals surface area contributed by atoms with E-state index in [-0.39, 0.29) is 23.9 Å². The largest absolute Gasteiger partial charge is 0.376 e. The molecule has 0 aromatic rings. The van der Waals surface area contributed by atoms with Gasteiger partial charge < -0.3 is 9.64 Å². The quantitative estimate of drug-likeness (QED) is 0.862. The van der Waals surface area contributed by atoms with Crippen molar-refractivity contribution >= 4 is 5.91 Å². The van der Waals surface area contributed by atoms with Crippen LogP contribution >= 0.6 is 0 Å². The summed E-state index contributed by atoms with van der Waals surface area (Å²) in [5.74, 6) is 0.763. The normalized spacial score (nSPS) is 34.6. The van der Waals surface area contributed by atoms with Crippen molar-refractivity contribution in [3.63, 3.8) is 0 Å². The van der Waals surface area contributed by atoms with E-state index in [1.807, 2.05) is 0 Å². The molecule has 3 unspecified atom stereocenters. The fourth-order valence-electron chi connectivity index (χ4n) is 4.21. The van der Waals surface area contributed by atoms with Gasteiger partial charge >= 0.3 is 0 Å². The number of carbonyl (C=O) groups excluding carboxylic acids is 1. The highest BCUT2D eigenvalue weighted by Crippen LogP contribution is 2.39. The summed E-state index contributed by atoms with van der Waals surface area (Å²) in [5.41, 5.74) is -0.262. The van der Waals surface area contributed by atoms with E-state index < -0.39 is 0 Å². The second kappa shape index (κ2) is 5.30. The molecule has 3 fully saturated rings. The molecule has 1 aliphatic carbocycles. The fraction of sp³-hybridized carbons (Fsp3) is 0.938. The summed E-state index contributed by atoms with van der Waals surface area (Å²) in [7, 11) is 0. The van der Waals surface area contributed by atoms with Crippen LogP contribution in [0.1, 0.15) is 59.3 Å². The zero-order valence-corrected chi connectivity index (χ0v) is 13.0. The van der Waals surface area contributed by atoms with E-state index in [4.69, 9.17) is 4.74 Å². The van der Waals surface area contributed by atoms with Crippen molar-refractivity contribution in [2.45, 2.75) is 83.1 Å². The minimum atomic E-state index is -0.262. The molecule has 0 aromatic heterocycles. The summed E-state index contributed by atoms with van der Waals surface area (Å²) in [5, 5.41) is 3.69. The Balaban J connectivity index is 1.84. The molecule has 2 aliphatic heterocycles. The Kier molecular flexibility index (Phi) is 3.80. The Bertz CT molecular complexity index is 371. The highest BCUT2D eigenvalue weighted by atomic mass is 16.5.